The van der Waals surface area contributed by atoms with Crippen LogP contribution in [0.4, 0.5) is 0 Å². The molecule has 0 aromatic carbocycles. The van der Waals surface area contributed by atoms with E-state index >= 15 is 0 Å². The number of carbonyl (C=O) groups excluding carboxylic acids is 3. The number of cyclic esters (lactones) is 1. The molecule has 3 fully saturated rings. The lowest BCUT2D eigenvalue weighted by Crippen LogP contribution is -2.64. The number of aliphatic hydroxyl groups is 2. The van der Waals surface area contributed by atoms with E-state index < -0.39 is 60.1 Å². The van der Waals surface area contributed by atoms with Crippen molar-refractivity contribution in [3.63, 3.8) is 0 Å². The first-order valence-corrected chi connectivity index (χ1v) is 8.13. The van der Waals surface area contributed by atoms with Gasteiger partial charge < -0.3 is 24.4 Å². The standard InChI is InChI=1S/C18H20O8/c1-4-18-7-24-11(20)5-10(18)13-12(9(3)17(23)25-13)14(15(18)21)26-16(22)8(2)6-19/h4,10,12-15,19,21H,1-3,5-7H2. The Labute approximate surface area is 149 Å². The second-order valence-electron chi connectivity index (χ2n) is 6.79. The number of rotatable bonds is 4. The Morgan fingerprint density at radius 3 is 2.73 bits per heavy atom. The van der Waals surface area contributed by atoms with Crippen LogP contribution in [0.1, 0.15) is 6.42 Å². The van der Waals surface area contributed by atoms with E-state index in [1.165, 1.54) is 6.08 Å². The largest absolute Gasteiger partial charge is 0.465 e. The second-order valence-corrected chi connectivity index (χ2v) is 6.79. The van der Waals surface area contributed by atoms with Crippen molar-refractivity contribution in [3.05, 3.63) is 37.0 Å². The van der Waals surface area contributed by atoms with Crippen molar-refractivity contribution in [2.24, 2.45) is 17.3 Å². The zero-order valence-corrected chi connectivity index (χ0v) is 14.1. The number of ether oxygens (including phenoxy) is 3. The number of hydrogen-bond donors (Lipinski definition) is 2. The third-order valence-corrected chi connectivity index (χ3v) is 5.54. The Morgan fingerprint density at radius 1 is 1.42 bits per heavy atom. The van der Waals surface area contributed by atoms with Crippen LogP contribution in [0.2, 0.25) is 0 Å². The lowest BCUT2D eigenvalue weighted by molar-refractivity contribution is -0.217. The molecular formula is C18H20O8. The van der Waals surface area contributed by atoms with E-state index in [0.717, 1.165) is 0 Å². The number of carbonyl (C=O) groups is 3. The molecule has 3 aliphatic rings. The highest BCUT2D eigenvalue weighted by molar-refractivity contribution is 5.92. The first-order valence-electron chi connectivity index (χ1n) is 8.13. The maximum Gasteiger partial charge on any atom is 0.336 e. The topological polar surface area (TPSA) is 119 Å². The number of esters is 3. The molecule has 2 saturated heterocycles. The summed E-state index contributed by atoms with van der Waals surface area (Å²) >= 11 is 0. The third kappa shape index (κ3) is 2.48. The van der Waals surface area contributed by atoms with Gasteiger partial charge in [-0.3, -0.25) is 4.79 Å². The number of fused-ring (bicyclic) bond motifs is 3. The smallest absolute Gasteiger partial charge is 0.336 e. The van der Waals surface area contributed by atoms with Gasteiger partial charge in [0, 0.05) is 11.5 Å². The molecule has 0 amide bonds. The van der Waals surface area contributed by atoms with Crippen LogP contribution in [0, 0.1) is 17.3 Å². The fourth-order valence-corrected chi connectivity index (χ4v) is 4.03. The van der Waals surface area contributed by atoms with E-state index in [1.54, 1.807) is 0 Å². The van der Waals surface area contributed by atoms with Crippen LogP contribution in [-0.2, 0) is 28.6 Å². The molecule has 1 saturated carbocycles. The molecule has 0 bridgehead atoms. The van der Waals surface area contributed by atoms with Crippen molar-refractivity contribution >= 4 is 17.9 Å². The molecule has 0 aromatic heterocycles. The van der Waals surface area contributed by atoms with E-state index in [9.17, 15) is 19.5 Å². The molecule has 1 aliphatic carbocycles. The maximum atomic E-state index is 12.1. The molecule has 6 unspecified atom stereocenters. The fourth-order valence-electron chi connectivity index (χ4n) is 4.03. The summed E-state index contributed by atoms with van der Waals surface area (Å²) in [6, 6.07) is 0. The third-order valence-electron chi connectivity index (χ3n) is 5.54. The molecular weight excluding hydrogens is 344 g/mol. The molecule has 2 N–H and O–H groups in total. The number of aliphatic hydroxyl groups excluding tert-OH is 2. The van der Waals surface area contributed by atoms with Crippen LogP contribution in [-0.4, -0.2) is 59.6 Å². The Balaban J connectivity index is 2.03. The summed E-state index contributed by atoms with van der Waals surface area (Å²) in [6.07, 6.45) is -1.96. The molecule has 3 rings (SSSR count). The number of hydrogen-bond acceptors (Lipinski definition) is 8. The molecule has 2 aliphatic heterocycles. The van der Waals surface area contributed by atoms with Crippen molar-refractivity contribution < 1.29 is 38.8 Å². The maximum absolute atomic E-state index is 12.1. The first kappa shape index (κ1) is 18.3. The minimum Gasteiger partial charge on any atom is -0.465 e. The van der Waals surface area contributed by atoms with Crippen molar-refractivity contribution in [2.75, 3.05) is 13.2 Å². The zero-order chi connectivity index (χ0) is 19.2. The molecule has 26 heavy (non-hydrogen) atoms. The predicted octanol–water partition coefficient (Wildman–Crippen LogP) is -0.346. The lowest BCUT2D eigenvalue weighted by atomic mass is 9.57. The van der Waals surface area contributed by atoms with Crippen molar-refractivity contribution in [1.82, 2.24) is 0 Å². The molecule has 0 spiro atoms. The molecule has 8 nitrogen and oxygen atoms in total. The van der Waals surface area contributed by atoms with E-state index in [-0.39, 0.29) is 24.2 Å². The van der Waals surface area contributed by atoms with Gasteiger partial charge in [0.1, 0.15) is 24.9 Å². The van der Waals surface area contributed by atoms with E-state index in [1.807, 2.05) is 0 Å². The van der Waals surface area contributed by atoms with Gasteiger partial charge in [-0.25, -0.2) is 9.59 Å². The molecule has 140 valence electrons. The van der Waals surface area contributed by atoms with Gasteiger partial charge in [0.2, 0.25) is 0 Å². The summed E-state index contributed by atoms with van der Waals surface area (Å²) in [7, 11) is 0. The van der Waals surface area contributed by atoms with Gasteiger partial charge in [0.05, 0.1) is 29.9 Å². The van der Waals surface area contributed by atoms with Crippen molar-refractivity contribution in [2.45, 2.75) is 24.7 Å². The molecule has 0 aromatic rings. The minimum atomic E-state index is -1.32. The van der Waals surface area contributed by atoms with Crippen LogP contribution in [0.5, 0.6) is 0 Å². The average molecular weight is 364 g/mol. The van der Waals surface area contributed by atoms with Gasteiger partial charge in [-0.15, -0.1) is 6.58 Å². The fraction of sp³-hybridized carbons (Fsp3) is 0.500. The summed E-state index contributed by atoms with van der Waals surface area (Å²) in [6.45, 7) is 10.0. The van der Waals surface area contributed by atoms with Gasteiger partial charge in [-0.1, -0.05) is 19.2 Å². The first-order chi connectivity index (χ1) is 12.3. The predicted molar refractivity (Wildman–Crippen MR) is 86.3 cm³/mol. The zero-order valence-electron chi connectivity index (χ0n) is 14.1. The Bertz CT molecular complexity index is 710. The quantitative estimate of drug-likeness (QED) is 0.301. The molecule has 0 radical (unpaired) electrons. The lowest BCUT2D eigenvalue weighted by Gasteiger charge is -2.53. The van der Waals surface area contributed by atoms with Gasteiger partial charge >= 0.3 is 17.9 Å². The van der Waals surface area contributed by atoms with Gasteiger partial charge in [-0.05, 0) is 0 Å². The summed E-state index contributed by atoms with van der Waals surface area (Å²) in [5.74, 6) is -3.46. The SMILES string of the molecule is C=CC12COC(=O)CC1C1OC(=O)C(=C)C1C(OC(=O)C(=C)CO)C2O. The molecule has 6 atom stereocenters. The van der Waals surface area contributed by atoms with Crippen molar-refractivity contribution in [3.8, 4) is 0 Å². The Hall–Kier alpha value is -2.45. The monoisotopic (exact) mass is 364 g/mol. The van der Waals surface area contributed by atoms with Crippen LogP contribution in [0.25, 0.3) is 0 Å². The minimum absolute atomic E-state index is 0.0538. The summed E-state index contributed by atoms with van der Waals surface area (Å²) in [5, 5.41) is 20.1. The van der Waals surface area contributed by atoms with Crippen LogP contribution < -0.4 is 0 Å². The summed E-state index contributed by atoms with van der Waals surface area (Å²) in [5.41, 5.74) is -1.29. The van der Waals surface area contributed by atoms with E-state index in [4.69, 9.17) is 19.3 Å². The van der Waals surface area contributed by atoms with Gasteiger partial charge in [-0.2, -0.15) is 0 Å². The van der Waals surface area contributed by atoms with E-state index in [0.29, 0.717) is 0 Å². The summed E-state index contributed by atoms with van der Waals surface area (Å²) in [4.78, 5) is 36.0. The van der Waals surface area contributed by atoms with Crippen molar-refractivity contribution in [1.29, 1.82) is 0 Å². The molecule has 8 heteroatoms. The normalized spacial score (nSPS) is 38.5. The highest BCUT2D eigenvalue weighted by Gasteiger charge is 2.66. The second kappa shape index (κ2) is 6.37. The molecule has 2 heterocycles. The van der Waals surface area contributed by atoms with E-state index in [2.05, 4.69) is 19.7 Å². The van der Waals surface area contributed by atoms with Gasteiger partial charge in [0.25, 0.3) is 0 Å². The van der Waals surface area contributed by atoms with Crippen LogP contribution in [0.15, 0.2) is 37.0 Å². The Kier molecular flexibility index (Phi) is 4.49. The average Bonchev–Trinajstić information content (AvgIpc) is 2.93. The highest BCUT2D eigenvalue weighted by Crippen LogP contribution is 2.54. The highest BCUT2D eigenvalue weighted by atomic mass is 16.6. The van der Waals surface area contributed by atoms with Crippen LogP contribution >= 0.6 is 0 Å². The summed E-state index contributed by atoms with van der Waals surface area (Å²) < 4.78 is 15.9. The van der Waals surface area contributed by atoms with Gasteiger partial charge in [0.15, 0.2) is 0 Å². The Morgan fingerprint density at radius 2 is 2.12 bits per heavy atom. The van der Waals surface area contributed by atoms with Crippen LogP contribution in [0.3, 0.4) is 0 Å².